The van der Waals surface area contributed by atoms with E-state index in [-0.39, 0.29) is 0 Å². The van der Waals surface area contributed by atoms with E-state index < -0.39 is 0 Å². The highest BCUT2D eigenvalue weighted by Gasteiger charge is 2.59. The molecule has 2 saturated heterocycles. The Morgan fingerprint density at radius 3 is 2.56 bits per heavy atom. The van der Waals surface area contributed by atoms with Crippen molar-refractivity contribution in [3.05, 3.63) is 0 Å². The molecule has 2 heterocycles. The first-order chi connectivity index (χ1) is 8.60. The maximum Gasteiger partial charge on any atom is 0.0685 e. The normalized spacial score (nSPS) is 41.2. The third-order valence-corrected chi connectivity index (χ3v) is 5.52. The molecule has 0 aromatic heterocycles. The molecule has 4 unspecified atom stereocenters. The second-order valence-electron chi connectivity index (χ2n) is 6.95. The number of nitrogens with one attached hydrogen (secondary N) is 1. The fourth-order valence-corrected chi connectivity index (χ4v) is 4.30. The lowest BCUT2D eigenvalue weighted by Gasteiger charge is -2.56. The van der Waals surface area contributed by atoms with Crippen LogP contribution in [-0.2, 0) is 9.47 Å². The topological polar surface area (TPSA) is 30.5 Å². The van der Waals surface area contributed by atoms with Crippen molar-refractivity contribution in [2.24, 2.45) is 17.3 Å². The van der Waals surface area contributed by atoms with Gasteiger partial charge in [0.2, 0.25) is 0 Å². The van der Waals surface area contributed by atoms with Crippen molar-refractivity contribution in [2.45, 2.75) is 58.2 Å². The molecule has 0 aromatic rings. The second kappa shape index (κ2) is 4.77. The van der Waals surface area contributed by atoms with Gasteiger partial charge in [-0.15, -0.1) is 0 Å². The molecule has 4 atom stereocenters. The van der Waals surface area contributed by atoms with Gasteiger partial charge in [0.15, 0.2) is 0 Å². The van der Waals surface area contributed by atoms with Crippen molar-refractivity contribution >= 4 is 0 Å². The predicted molar refractivity (Wildman–Crippen MR) is 71.6 cm³/mol. The average molecular weight is 253 g/mol. The van der Waals surface area contributed by atoms with Crippen molar-refractivity contribution in [1.82, 2.24) is 5.32 Å². The van der Waals surface area contributed by atoms with E-state index in [1.54, 1.807) is 0 Å². The van der Waals surface area contributed by atoms with Gasteiger partial charge in [-0.05, 0) is 32.1 Å². The van der Waals surface area contributed by atoms with Crippen LogP contribution >= 0.6 is 0 Å². The molecule has 3 fully saturated rings. The van der Waals surface area contributed by atoms with Gasteiger partial charge in [-0.1, -0.05) is 13.8 Å². The van der Waals surface area contributed by atoms with Gasteiger partial charge in [0.25, 0.3) is 0 Å². The molecule has 0 spiro atoms. The fourth-order valence-electron chi connectivity index (χ4n) is 4.30. The molecule has 3 rings (SSSR count). The van der Waals surface area contributed by atoms with Crippen LogP contribution in [0.4, 0.5) is 0 Å². The van der Waals surface area contributed by atoms with Crippen molar-refractivity contribution in [2.75, 3.05) is 19.8 Å². The number of fused-ring (bicyclic) bond motifs is 1. The Morgan fingerprint density at radius 1 is 1.11 bits per heavy atom. The third kappa shape index (κ3) is 2.00. The molecule has 0 amide bonds. The van der Waals surface area contributed by atoms with Crippen molar-refractivity contribution in [1.29, 1.82) is 0 Å². The Hall–Kier alpha value is -0.120. The Labute approximate surface area is 111 Å². The standard InChI is InChI=1S/C15H27NO2/c1-10(11-4-7-17-8-5-11)16-13-12-6-9-18-14(12)15(13,2)3/h10-14,16H,4-9H2,1-3H3. The zero-order valence-electron chi connectivity index (χ0n) is 11.9. The van der Waals surface area contributed by atoms with E-state index in [1.165, 1.54) is 19.3 Å². The fraction of sp³-hybridized carbons (Fsp3) is 1.00. The Bertz CT molecular complexity index is 299. The van der Waals surface area contributed by atoms with Crippen LogP contribution in [0.5, 0.6) is 0 Å². The van der Waals surface area contributed by atoms with Crippen molar-refractivity contribution < 1.29 is 9.47 Å². The molecular weight excluding hydrogens is 226 g/mol. The minimum absolute atomic E-state index is 0.306. The van der Waals surface area contributed by atoms with E-state index in [0.717, 1.165) is 31.7 Å². The lowest BCUT2D eigenvalue weighted by molar-refractivity contribution is -0.117. The summed E-state index contributed by atoms with van der Waals surface area (Å²) in [5.74, 6) is 1.54. The number of hydrogen-bond donors (Lipinski definition) is 1. The Balaban J connectivity index is 1.58. The van der Waals surface area contributed by atoms with Crippen molar-refractivity contribution in [3.63, 3.8) is 0 Å². The molecule has 18 heavy (non-hydrogen) atoms. The molecule has 1 N–H and O–H groups in total. The largest absolute Gasteiger partial charge is 0.381 e. The highest BCUT2D eigenvalue weighted by atomic mass is 16.5. The minimum Gasteiger partial charge on any atom is -0.381 e. The van der Waals surface area contributed by atoms with Crippen LogP contribution in [-0.4, -0.2) is 38.0 Å². The zero-order chi connectivity index (χ0) is 12.8. The van der Waals surface area contributed by atoms with Crippen LogP contribution in [0, 0.1) is 17.3 Å². The summed E-state index contributed by atoms with van der Waals surface area (Å²) in [7, 11) is 0. The number of hydrogen-bond acceptors (Lipinski definition) is 3. The lowest BCUT2D eigenvalue weighted by Crippen LogP contribution is -2.67. The summed E-state index contributed by atoms with van der Waals surface area (Å²) in [5, 5.41) is 3.91. The van der Waals surface area contributed by atoms with Gasteiger partial charge in [-0.2, -0.15) is 0 Å². The summed E-state index contributed by atoms with van der Waals surface area (Å²) in [6.45, 7) is 9.92. The zero-order valence-corrected chi connectivity index (χ0v) is 11.9. The summed E-state index contributed by atoms with van der Waals surface area (Å²) in [5.41, 5.74) is 0.306. The maximum atomic E-state index is 5.86. The molecule has 3 aliphatic rings. The van der Waals surface area contributed by atoms with Crippen LogP contribution in [0.25, 0.3) is 0 Å². The van der Waals surface area contributed by atoms with Crippen LogP contribution in [0.15, 0.2) is 0 Å². The van der Waals surface area contributed by atoms with Crippen molar-refractivity contribution in [3.8, 4) is 0 Å². The van der Waals surface area contributed by atoms with E-state index in [4.69, 9.17) is 9.47 Å². The summed E-state index contributed by atoms with van der Waals surface area (Å²) in [6.07, 6.45) is 4.17. The summed E-state index contributed by atoms with van der Waals surface area (Å²) in [6, 6.07) is 1.25. The molecule has 0 bridgehead atoms. The quantitative estimate of drug-likeness (QED) is 0.836. The molecule has 104 valence electrons. The first-order valence-corrected chi connectivity index (χ1v) is 7.56. The molecule has 2 aliphatic heterocycles. The van der Waals surface area contributed by atoms with Gasteiger partial charge >= 0.3 is 0 Å². The Kier molecular flexibility index (Phi) is 3.41. The van der Waals surface area contributed by atoms with E-state index in [9.17, 15) is 0 Å². The number of ether oxygens (including phenoxy) is 2. The molecule has 0 aromatic carbocycles. The molecular formula is C15H27NO2. The van der Waals surface area contributed by atoms with E-state index in [0.29, 0.717) is 23.6 Å². The summed E-state index contributed by atoms with van der Waals surface area (Å²) >= 11 is 0. The van der Waals surface area contributed by atoms with Crippen LogP contribution in [0.1, 0.15) is 40.0 Å². The van der Waals surface area contributed by atoms with Gasteiger partial charge in [0.05, 0.1) is 6.10 Å². The second-order valence-corrected chi connectivity index (χ2v) is 6.95. The first kappa shape index (κ1) is 12.9. The van der Waals surface area contributed by atoms with E-state index in [2.05, 4.69) is 26.1 Å². The molecule has 3 nitrogen and oxygen atoms in total. The molecule has 3 heteroatoms. The molecule has 1 aliphatic carbocycles. The number of rotatable bonds is 3. The SMILES string of the molecule is CC(NC1C2CCOC2C1(C)C)C1CCOCC1. The highest BCUT2D eigenvalue weighted by Crippen LogP contribution is 2.52. The Morgan fingerprint density at radius 2 is 1.83 bits per heavy atom. The van der Waals surface area contributed by atoms with Gasteiger partial charge < -0.3 is 14.8 Å². The maximum absolute atomic E-state index is 5.86. The smallest absolute Gasteiger partial charge is 0.0685 e. The van der Waals surface area contributed by atoms with E-state index in [1.807, 2.05) is 0 Å². The van der Waals surface area contributed by atoms with Gasteiger partial charge in [-0.3, -0.25) is 0 Å². The van der Waals surface area contributed by atoms with Gasteiger partial charge in [0, 0.05) is 43.2 Å². The average Bonchev–Trinajstić information content (AvgIpc) is 2.83. The van der Waals surface area contributed by atoms with Gasteiger partial charge in [0.1, 0.15) is 0 Å². The first-order valence-electron chi connectivity index (χ1n) is 7.56. The monoisotopic (exact) mass is 253 g/mol. The molecule has 1 saturated carbocycles. The minimum atomic E-state index is 0.306. The third-order valence-electron chi connectivity index (χ3n) is 5.52. The molecule has 0 radical (unpaired) electrons. The predicted octanol–water partition coefficient (Wildman–Crippen LogP) is 2.20. The van der Waals surface area contributed by atoms with E-state index >= 15 is 0 Å². The van der Waals surface area contributed by atoms with Crippen LogP contribution in [0.2, 0.25) is 0 Å². The highest BCUT2D eigenvalue weighted by molar-refractivity contribution is 5.11. The summed E-state index contributed by atoms with van der Waals surface area (Å²) in [4.78, 5) is 0. The van der Waals surface area contributed by atoms with Gasteiger partial charge in [-0.25, -0.2) is 0 Å². The van der Waals surface area contributed by atoms with Crippen LogP contribution < -0.4 is 5.32 Å². The lowest BCUT2D eigenvalue weighted by atomic mass is 9.57. The summed E-state index contributed by atoms with van der Waals surface area (Å²) < 4.78 is 11.3. The van der Waals surface area contributed by atoms with Crippen LogP contribution in [0.3, 0.4) is 0 Å².